The van der Waals surface area contributed by atoms with Crippen molar-refractivity contribution in [3.8, 4) is 0 Å². The Morgan fingerprint density at radius 1 is 1.17 bits per heavy atom. The zero-order valence-corrected chi connectivity index (χ0v) is 8.96. The van der Waals surface area contributed by atoms with Crippen LogP contribution < -0.4 is 5.30 Å². The third-order valence-corrected chi connectivity index (χ3v) is 3.07. The maximum atomic E-state index is 2.82. The molecule has 0 nitrogen and oxygen atoms in total. The van der Waals surface area contributed by atoms with Crippen molar-refractivity contribution in [3.05, 3.63) is 29.8 Å². The number of rotatable bonds is 1. The van der Waals surface area contributed by atoms with Gasteiger partial charge in [-0.1, -0.05) is 30.7 Å². The first kappa shape index (κ1) is 10.0. The SMILES string of the molecule is Cl.Pc1ccccc1C1CCC1. The molecule has 1 aromatic rings. The third-order valence-electron chi connectivity index (χ3n) is 2.54. The van der Waals surface area contributed by atoms with Crippen LogP contribution in [0.25, 0.3) is 0 Å². The summed E-state index contributed by atoms with van der Waals surface area (Å²) >= 11 is 0. The maximum Gasteiger partial charge on any atom is -0.0156 e. The minimum absolute atomic E-state index is 0. The van der Waals surface area contributed by atoms with Crippen molar-refractivity contribution in [2.24, 2.45) is 0 Å². The number of hydrogen-bond donors (Lipinski definition) is 0. The van der Waals surface area contributed by atoms with Gasteiger partial charge >= 0.3 is 0 Å². The minimum Gasteiger partial charge on any atom is -0.147 e. The maximum absolute atomic E-state index is 2.82. The van der Waals surface area contributed by atoms with Gasteiger partial charge in [0.25, 0.3) is 0 Å². The van der Waals surface area contributed by atoms with Crippen LogP contribution in [0, 0.1) is 0 Å². The Hall–Kier alpha value is -0.0600. The van der Waals surface area contributed by atoms with Crippen molar-refractivity contribution in [1.82, 2.24) is 0 Å². The number of benzene rings is 1. The molecule has 2 rings (SSSR count). The fourth-order valence-electron chi connectivity index (χ4n) is 1.60. The van der Waals surface area contributed by atoms with Crippen LogP contribution >= 0.6 is 21.6 Å². The van der Waals surface area contributed by atoms with Crippen LogP contribution in [0.2, 0.25) is 0 Å². The predicted molar refractivity (Wildman–Crippen MR) is 59.6 cm³/mol. The van der Waals surface area contributed by atoms with Gasteiger partial charge in [-0.25, -0.2) is 0 Å². The molecule has 0 saturated heterocycles. The highest BCUT2D eigenvalue weighted by molar-refractivity contribution is 7.27. The van der Waals surface area contributed by atoms with Gasteiger partial charge in [-0.3, -0.25) is 0 Å². The number of hydrogen-bond acceptors (Lipinski definition) is 0. The second-order valence-corrected chi connectivity index (χ2v) is 3.88. The van der Waals surface area contributed by atoms with E-state index in [2.05, 4.69) is 33.5 Å². The molecule has 66 valence electrons. The van der Waals surface area contributed by atoms with Gasteiger partial charge in [0, 0.05) is 0 Å². The van der Waals surface area contributed by atoms with E-state index in [1.165, 1.54) is 24.6 Å². The van der Waals surface area contributed by atoms with Gasteiger partial charge in [-0.15, -0.1) is 21.6 Å². The molecule has 0 amide bonds. The van der Waals surface area contributed by atoms with Crippen molar-refractivity contribution in [2.45, 2.75) is 25.2 Å². The Balaban J connectivity index is 0.000000720. The van der Waals surface area contributed by atoms with Crippen molar-refractivity contribution in [3.63, 3.8) is 0 Å². The Labute approximate surface area is 82.4 Å². The first-order valence-electron chi connectivity index (χ1n) is 4.22. The lowest BCUT2D eigenvalue weighted by Gasteiger charge is -2.26. The smallest absolute Gasteiger partial charge is 0.0156 e. The second-order valence-electron chi connectivity index (χ2n) is 3.26. The molecule has 0 radical (unpaired) electrons. The molecule has 1 atom stereocenters. The van der Waals surface area contributed by atoms with E-state index in [-0.39, 0.29) is 12.4 Å². The van der Waals surface area contributed by atoms with Crippen LogP contribution in [-0.4, -0.2) is 0 Å². The zero-order valence-electron chi connectivity index (χ0n) is 6.99. The van der Waals surface area contributed by atoms with E-state index in [1.54, 1.807) is 5.56 Å². The van der Waals surface area contributed by atoms with Crippen molar-refractivity contribution in [1.29, 1.82) is 0 Å². The lowest BCUT2D eigenvalue weighted by molar-refractivity contribution is 0.421. The lowest BCUT2D eigenvalue weighted by atomic mass is 9.80. The fraction of sp³-hybridized carbons (Fsp3) is 0.400. The van der Waals surface area contributed by atoms with E-state index in [0.717, 1.165) is 5.92 Å². The van der Waals surface area contributed by atoms with Gasteiger partial charge in [-0.05, 0) is 29.6 Å². The fourth-order valence-corrected chi connectivity index (χ4v) is 2.04. The first-order valence-corrected chi connectivity index (χ1v) is 4.80. The van der Waals surface area contributed by atoms with Crippen molar-refractivity contribution in [2.75, 3.05) is 0 Å². The van der Waals surface area contributed by atoms with E-state index in [4.69, 9.17) is 0 Å². The molecule has 1 aromatic carbocycles. The normalized spacial score (nSPS) is 16.4. The third kappa shape index (κ3) is 1.81. The molecule has 1 aliphatic rings. The standard InChI is InChI=1S/C10H13P.ClH/c11-10-7-2-1-6-9(10)8-4-3-5-8;/h1-2,6-8H,3-5,11H2;1H. The van der Waals surface area contributed by atoms with Crippen LogP contribution in [0.3, 0.4) is 0 Å². The summed E-state index contributed by atoms with van der Waals surface area (Å²) in [4.78, 5) is 0. The van der Waals surface area contributed by atoms with E-state index in [9.17, 15) is 0 Å². The highest BCUT2D eigenvalue weighted by Crippen LogP contribution is 2.35. The Morgan fingerprint density at radius 2 is 1.83 bits per heavy atom. The molecule has 0 aliphatic heterocycles. The van der Waals surface area contributed by atoms with Gasteiger partial charge in [0.1, 0.15) is 0 Å². The monoisotopic (exact) mass is 200 g/mol. The van der Waals surface area contributed by atoms with Crippen molar-refractivity contribution < 1.29 is 0 Å². The summed E-state index contributed by atoms with van der Waals surface area (Å²) in [7, 11) is 2.82. The summed E-state index contributed by atoms with van der Waals surface area (Å²) < 4.78 is 0. The average Bonchev–Trinajstić information content (AvgIpc) is 1.90. The molecule has 1 aliphatic carbocycles. The lowest BCUT2D eigenvalue weighted by Crippen LogP contribution is -2.14. The van der Waals surface area contributed by atoms with Gasteiger partial charge in [-0.2, -0.15) is 0 Å². The molecule has 1 unspecified atom stereocenters. The van der Waals surface area contributed by atoms with Crippen LogP contribution in [-0.2, 0) is 0 Å². The summed E-state index contributed by atoms with van der Waals surface area (Å²) in [5, 5.41) is 1.39. The van der Waals surface area contributed by atoms with Crippen LogP contribution in [0.1, 0.15) is 30.7 Å². The van der Waals surface area contributed by atoms with Gasteiger partial charge in [0.2, 0.25) is 0 Å². The minimum atomic E-state index is 0. The summed E-state index contributed by atoms with van der Waals surface area (Å²) in [5.41, 5.74) is 1.55. The molecule has 0 spiro atoms. The molecule has 1 fully saturated rings. The van der Waals surface area contributed by atoms with E-state index >= 15 is 0 Å². The van der Waals surface area contributed by atoms with Gasteiger partial charge in [0.15, 0.2) is 0 Å². The molecular weight excluding hydrogens is 187 g/mol. The molecule has 0 aromatic heterocycles. The van der Waals surface area contributed by atoms with Crippen LogP contribution in [0.4, 0.5) is 0 Å². The molecule has 0 N–H and O–H groups in total. The average molecular weight is 201 g/mol. The highest BCUT2D eigenvalue weighted by Gasteiger charge is 2.20. The Morgan fingerprint density at radius 3 is 2.33 bits per heavy atom. The van der Waals surface area contributed by atoms with Crippen molar-refractivity contribution >= 4 is 27.0 Å². The molecule has 2 heteroatoms. The predicted octanol–water partition coefficient (Wildman–Crippen LogP) is 2.88. The summed E-state index contributed by atoms with van der Waals surface area (Å²) in [6.07, 6.45) is 4.21. The second kappa shape index (κ2) is 4.25. The molecule has 12 heavy (non-hydrogen) atoms. The highest BCUT2D eigenvalue weighted by atomic mass is 35.5. The first-order chi connectivity index (χ1) is 5.38. The van der Waals surface area contributed by atoms with Crippen LogP contribution in [0.15, 0.2) is 24.3 Å². The Kier molecular flexibility index (Phi) is 3.55. The molecule has 0 heterocycles. The van der Waals surface area contributed by atoms with E-state index < -0.39 is 0 Å². The molecule has 0 bridgehead atoms. The van der Waals surface area contributed by atoms with E-state index in [0.29, 0.717) is 0 Å². The summed E-state index contributed by atoms with van der Waals surface area (Å²) in [6.45, 7) is 0. The zero-order chi connectivity index (χ0) is 7.68. The molecule has 1 saturated carbocycles. The Bertz CT molecular complexity index is 256. The number of halogens is 1. The van der Waals surface area contributed by atoms with Crippen LogP contribution in [0.5, 0.6) is 0 Å². The topological polar surface area (TPSA) is 0 Å². The largest absolute Gasteiger partial charge is 0.147 e. The van der Waals surface area contributed by atoms with Gasteiger partial charge in [0.05, 0.1) is 0 Å². The van der Waals surface area contributed by atoms with E-state index in [1.807, 2.05) is 0 Å². The molecular formula is C10H14ClP. The summed E-state index contributed by atoms with van der Waals surface area (Å²) in [5.74, 6) is 0.865. The quantitative estimate of drug-likeness (QED) is 0.612. The summed E-state index contributed by atoms with van der Waals surface area (Å²) in [6, 6.07) is 8.68. The van der Waals surface area contributed by atoms with Gasteiger partial charge < -0.3 is 0 Å².